The van der Waals surface area contributed by atoms with Crippen LogP contribution in [0.5, 0.6) is 5.75 Å². The Kier molecular flexibility index (Phi) is 3.06. The highest BCUT2D eigenvalue weighted by Crippen LogP contribution is 2.25. The largest absolute Gasteiger partial charge is 0.493 e. The molecule has 0 radical (unpaired) electrons. The van der Waals surface area contributed by atoms with Crippen LogP contribution in [-0.2, 0) is 11.2 Å². The fraction of sp³-hybridized carbons (Fsp3) is 0.300. The van der Waals surface area contributed by atoms with Crippen LogP contribution in [0.25, 0.3) is 0 Å². The van der Waals surface area contributed by atoms with E-state index in [1.165, 1.54) is 19.2 Å². The summed E-state index contributed by atoms with van der Waals surface area (Å²) < 4.78 is 18.0. The predicted molar refractivity (Wildman–Crippen MR) is 49.0 cm³/mol. The number of hydrogen-bond donors (Lipinski definition) is 1. The van der Waals surface area contributed by atoms with Crippen molar-refractivity contribution in [1.29, 1.82) is 0 Å². The first-order valence-electron chi connectivity index (χ1n) is 4.10. The molecule has 0 unspecified atom stereocenters. The molecule has 0 spiro atoms. The molecule has 1 aromatic rings. The van der Waals surface area contributed by atoms with Gasteiger partial charge in [0.25, 0.3) is 0 Å². The van der Waals surface area contributed by atoms with E-state index in [1.807, 2.05) is 0 Å². The van der Waals surface area contributed by atoms with E-state index in [2.05, 4.69) is 0 Å². The number of carboxylic acid groups (broad SMARTS) is 1. The van der Waals surface area contributed by atoms with E-state index in [-0.39, 0.29) is 12.2 Å². The highest BCUT2D eigenvalue weighted by atomic mass is 19.1. The fourth-order valence-corrected chi connectivity index (χ4v) is 1.29. The predicted octanol–water partition coefficient (Wildman–Crippen LogP) is 1.77. The van der Waals surface area contributed by atoms with Crippen molar-refractivity contribution in [3.63, 3.8) is 0 Å². The highest BCUT2D eigenvalue weighted by Gasteiger charge is 2.14. The quantitative estimate of drug-likeness (QED) is 0.805. The van der Waals surface area contributed by atoms with Crippen LogP contribution in [0.4, 0.5) is 4.39 Å². The van der Waals surface area contributed by atoms with Crippen molar-refractivity contribution in [3.8, 4) is 5.75 Å². The number of carboxylic acids is 1. The van der Waals surface area contributed by atoms with Crippen LogP contribution < -0.4 is 4.74 Å². The Balaban J connectivity index is 3.22. The lowest BCUT2D eigenvalue weighted by molar-refractivity contribution is -0.136. The van der Waals surface area contributed by atoms with Gasteiger partial charge in [-0.3, -0.25) is 4.79 Å². The van der Waals surface area contributed by atoms with Crippen LogP contribution in [0, 0.1) is 12.7 Å². The second-order valence-electron chi connectivity index (χ2n) is 2.95. The monoisotopic (exact) mass is 198 g/mol. The molecule has 0 aromatic heterocycles. The third-order valence-corrected chi connectivity index (χ3v) is 1.98. The van der Waals surface area contributed by atoms with Crippen molar-refractivity contribution in [2.45, 2.75) is 13.3 Å². The lowest BCUT2D eigenvalue weighted by Gasteiger charge is -2.10. The molecular formula is C10H11FO3. The summed E-state index contributed by atoms with van der Waals surface area (Å²) >= 11 is 0. The molecule has 1 N–H and O–H groups in total. The number of methoxy groups -OCH3 is 1. The molecule has 76 valence electrons. The molecule has 0 heterocycles. The van der Waals surface area contributed by atoms with Gasteiger partial charge in [0.1, 0.15) is 0 Å². The number of benzene rings is 1. The fourth-order valence-electron chi connectivity index (χ4n) is 1.29. The lowest BCUT2D eigenvalue weighted by Crippen LogP contribution is -2.05. The molecule has 0 fully saturated rings. The molecule has 4 heteroatoms. The molecule has 0 atom stereocenters. The van der Waals surface area contributed by atoms with Gasteiger partial charge in [-0.2, -0.15) is 0 Å². The van der Waals surface area contributed by atoms with Gasteiger partial charge in [0.2, 0.25) is 0 Å². The number of aliphatic carboxylic acids is 1. The summed E-state index contributed by atoms with van der Waals surface area (Å²) in [4.78, 5) is 10.5. The first kappa shape index (κ1) is 10.5. The van der Waals surface area contributed by atoms with Gasteiger partial charge in [-0.05, 0) is 18.6 Å². The minimum atomic E-state index is -1.00. The number of hydrogen-bond acceptors (Lipinski definition) is 2. The molecule has 0 bridgehead atoms. The second-order valence-corrected chi connectivity index (χ2v) is 2.95. The molecule has 1 rings (SSSR count). The Morgan fingerprint density at radius 1 is 1.57 bits per heavy atom. The maximum atomic E-state index is 13.2. The van der Waals surface area contributed by atoms with Crippen molar-refractivity contribution in [2.75, 3.05) is 7.11 Å². The Morgan fingerprint density at radius 3 is 2.71 bits per heavy atom. The molecule has 0 aliphatic carbocycles. The summed E-state index contributed by atoms with van der Waals surface area (Å²) in [6, 6.07) is 2.80. The molecular weight excluding hydrogens is 187 g/mol. The van der Waals surface area contributed by atoms with E-state index in [4.69, 9.17) is 9.84 Å². The summed E-state index contributed by atoms with van der Waals surface area (Å²) in [6.07, 6.45) is -0.229. The Hall–Kier alpha value is -1.58. The van der Waals surface area contributed by atoms with E-state index in [0.717, 1.165) is 0 Å². The Labute approximate surface area is 81.1 Å². The molecule has 3 nitrogen and oxygen atoms in total. The molecule has 1 aromatic carbocycles. The van der Waals surface area contributed by atoms with Gasteiger partial charge in [-0.15, -0.1) is 0 Å². The molecule has 0 amide bonds. The standard InChI is InChI=1S/C10H11FO3/c1-6-3-4-8(11)10(14-2)7(6)5-9(12)13/h3-4H,5H2,1-2H3,(H,12,13). The minimum absolute atomic E-state index is 0.0207. The summed E-state index contributed by atoms with van der Waals surface area (Å²) in [6.45, 7) is 1.72. The summed E-state index contributed by atoms with van der Waals surface area (Å²) in [5, 5.41) is 8.62. The van der Waals surface area contributed by atoms with Crippen molar-refractivity contribution >= 4 is 5.97 Å². The van der Waals surface area contributed by atoms with Crippen molar-refractivity contribution in [3.05, 3.63) is 29.1 Å². The third-order valence-electron chi connectivity index (χ3n) is 1.98. The van der Waals surface area contributed by atoms with Gasteiger partial charge in [-0.25, -0.2) is 4.39 Å². The number of aryl methyl sites for hydroxylation is 1. The topological polar surface area (TPSA) is 46.5 Å². The Bertz CT molecular complexity index is 361. The van der Waals surface area contributed by atoms with Crippen LogP contribution in [-0.4, -0.2) is 18.2 Å². The average Bonchev–Trinajstić information content (AvgIpc) is 2.11. The van der Waals surface area contributed by atoms with Gasteiger partial charge in [0.05, 0.1) is 13.5 Å². The van der Waals surface area contributed by atoms with Gasteiger partial charge in [0.15, 0.2) is 11.6 Å². The number of halogens is 1. The zero-order valence-electron chi connectivity index (χ0n) is 8.00. The zero-order chi connectivity index (χ0) is 10.7. The van der Waals surface area contributed by atoms with Crippen molar-refractivity contribution in [1.82, 2.24) is 0 Å². The van der Waals surface area contributed by atoms with Gasteiger partial charge < -0.3 is 9.84 Å². The first-order chi connectivity index (χ1) is 6.56. The molecule has 0 saturated carbocycles. The minimum Gasteiger partial charge on any atom is -0.493 e. The van der Waals surface area contributed by atoms with E-state index >= 15 is 0 Å². The molecule has 14 heavy (non-hydrogen) atoms. The summed E-state index contributed by atoms with van der Waals surface area (Å²) in [5.74, 6) is -1.52. The van der Waals surface area contributed by atoms with E-state index in [1.54, 1.807) is 6.92 Å². The van der Waals surface area contributed by atoms with Crippen LogP contribution in [0.3, 0.4) is 0 Å². The second kappa shape index (κ2) is 4.09. The molecule has 0 saturated heterocycles. The van der Waals surface area contributed by atoms with Gasteiger partial charge in [-0.1, -0.05) is 6.07 Å². The summed E-state index contributed by atoms with van der Waals surface area (Å²) in [7, 11) is 1.32. The van der Waals surface area contributed by atoms with Crippen LogP contribution >= 0.6 is 0 Å². The van der Waals surface area contributed by atoms with Crippen LogP contribution in [0.2, 0.25) is 0 Å². The SMILES string of the molecule is COc1c(F)ccc(C)c1CC(=O)O. The van der Waals surface area contributed by atoms with E-state index < -0.39 is 11.8 Å². The van der Waals surface area contributed by atoms with Crippen molar-refractivity contribution in [2.24, 2.45) is 0 Å². The van der Waals surface area contributed by atoms with Gasteiger partial charge >= 0.3 is 5.97 Å². The van der Waals surface area contributed by atoms with Crippen LogP contribution in [0.15, 0.2) is 12.1 Å². The Morgan fingerprint density at radius 2 is 2.21 bits per heavy atom. The van der Waals surface area contributed by atoms with E-state index in [0.29, 0.717) is 11.1 Å². The third kappa shape index (κ3) is 2.02. The first-order valence-corrected chi connectivity index (χ1v) is 4.10. The van der Waals surface area contributed by atoms with Gasteiger partial charge in [0, 0.05) is 5.56 Å². The normalized spacial score (nSPS) is 9.93. The smallest absolute Gasteiger partial charge is 0.307 e. The molecule has 0 aliphatic rings. The lowest BCUT2D eigenvalue weighted by atomic mass is 10.0. The molecule has 0 aliphatic heterocycles. The number of rotatable bonds is 3. The van der Waals surface area contributed by atoms with Crippen LogP contribution in [0.1, 0.15) is 11.1 Å². The number of carbonyl (C=O) groups is 1. The highest BCUT2D eigenvalue weighted by molar-refractivity contribution is 5.72. The average molecular weight is 198 g/mol. The number of ether oxygens (including phenoxy) is 1. The van der Waals surface area contributed by atoms with E-state index in [9.17, 15) is 9.18 Å². The zero-order valence-corrected chi connectivity index (χ0v) is 8.00. The maximum absolute atomic E-state index is 13.2. The summed E-state index contributed by atoms with van der Waals surface area (Å²) in [5.41, 5.74) is 1.10. The van der Waals surface area contributed by atoms with Crippen molar-refractivity contribution < 1.29 is 19.0 Å². The maximum Gasteiger partial charge on any atom is 0.307 e.